The molecular weight excluding hydrogens is 400 g/mol. The molecule has 0 fully saturated rings. The number of nitrogens with zero attached hydrogens (tertiary/aromatic N) is 4. The van der Waals surface area contributed by atoms with E-state index in [9.17, 15) is 4.79 Å². The maximum atomic E-state index is 11.9. The smallest absolute Gasteiger partial charge is 0.280 e. The second kappa shape index (κ2) is 9.04. The van der Waals surface area contributed by atoms with Crippen LogP contribution in [0.2, 0.25) is 0 Å². The van der Waals surface area contributed by atoms with Crippen molar-refractivity contribution in [2.24, 2.45) is 10.1 Å². The highest BCUT2D eigenvalue weighted by atomic mass is 16.1. The van der Waals surface area contributed by atoms with Crippen molar-refractivity contribution in [3.8, 4) is 0 Å². The van der Waals surface area contributed by atoms with Gasteiger partial charge in [-0.15, -0.1) is 4.59 Å². The molecule has 1 aliphatic heterocycles. The second-order valence-electron chi connectivity index (χ2n) is 8.86. The Morgan fingerprint density at radius 1 is 1.09 bits per heavy atom. The van der Waals surface area contributed by atoms with Crippen molar-refractivity contribution in [1.82, 2.24) is 4.59 Å². The molecular formula is C25H33N6O+. The number of hydrogen-bond donors (Lipinski definition) is 2. The van der Waals surface area contributed by atoms with E-state index in [1.165, 1.54) is 6.92 Å². The van der Waals surface area contributed by atoms with Gasteiger partial charge in [-0.25, -0.2) is 10.4 Å². The van der Waals surface area contributed by atoms with Crippen LogP contribution in [0.15, 0.2) is 52.6 Å². The molecule has 1 atom stereocenters. The number of quaternary nitrogens is 1. The van der Waals surface area contributed by atoms with Crippen LogP contribution in [0, 0.1) is 12.3 Å². The first kappa shape index (κ1) is 23.3. The van der Waals surface area contributed by atoms with E-state index in [-0.39, 0.29) is 16.3 Å². The number of hydrogen-bond acceptors (Lipinski definition) is 5. The Morgan fingerprint density at radius 3 is 2.28 bits per heavy atom. The zero-order chi connectivity index (χ0) is 23.6. The molecule has 1 aliphatic rings. The summed E-state index contributed by atoms with van der Waals surface area (Å²) in [7, 11) is 1.87. The molecule has 2 N–H and O–H groups in total. The molecule has 2 aromatic rings. The molecule has 7 heteroatoms. The number of rotatable bonds is 6. The average Bonchev–Trinajstić information content (AvgIpc) is 2.99. The molecule has 0 radical (unpaired) electrons. The van der Waals surface area contributed by atoms with Crippen LogP contribution in [0.5, 0.6) is 0 Å². The molecule has 0 saturated carbocycles. The van der Waals surface area contributed by atoms with Gasteiger partial charge in [0.15, 0.2) is 11.4 Å². The van der Waals surface area contributed by atoms with Gasteiger partial charge in [0, 0.05) is 36.8 Å². The van der Waals surface area contributed by atoms with Crippen LogP contribution in [0.3, 0.4) is 0 Å². The van der Waals surface area contributed by atoms with Crippen LogP contribution in [0.25, 0.3) is 0 Å². The van der Waals surface area contributed by atoms with Gasteiger partial charge in [0.1, 0.15) is 13.3 Å². The Balaban J connectivity index is 2.00. The third-order valence-corrected chi connectivity index (χ3v) is 5.57. The van der Waals surface area contributed by atoms with E-state index in [0.717, 1.165) is 16.9 Å². The number of carbonyl (C=O) groups excluding carboxylic acids is 1. The van der Waals surface area contributed by atoms with Gasteiger partial charge in [0.2, 0.25) is 5.91 Å². The lowest BCUT2D eigenvalue weighted by atomic mass is 10.1. The number of nitrogens with one attached hydrogen (secondary N) is 2. The normalized spacial score (nSPS) is 19.3. The van der Waals surface area contributed by atoms with Crippen LogP contribution in [-0.2, 0) is 4.79 Å². The predicted octanol–water partition coefficient (Wildman–Crippen LogP) is 5.26. The molecule has 168 valence electrons. The van der Waals surface area contributed by atoms with E-state index in [1.54, 1.807) is 6.21 Å². The summed E-state index contributed by atoms with van der Waals surface area (Å²) >= 11 is 0. The summed E-state index contributed by atoms with van der Waals surface area (Å²) in [5.41, 5.74) is 4.74. The second-order valence-corrected chi connectivity index (χ2v) is 8.86. The number of amidine groups is 1. The topological polar surface area (TPSA) is 80.9 Å². The summed E-state index contributed by atoms with van der Waals surface area (Å²) in [5, 5.41) is 16.2. The molecule has 3 rings (SSSR count). The van der Waals surface area contributed by atoms with Crippen molar-refractivity contribution in [1.29, 1.82) is 5.41 Å². The molecule has 0 aliphatic carbocycles. The van der Waals surface area contributed by atoms with Gasteiger partial charge in [-0.05, 0) is 52.8 Å². The van der Waals surface area contributed by atoms with Crippen LogP contribution in [-0.4, -0.2) is 42.8 Å². The zero-order valence-electron chi connectivity index (χ0n) is 20.0. The molecule has 1 unspecified atom stereocenters. The average molecular weight is 434 g/mol. The number of aryl methyl sites for hydroxylation is 1. The molecule has 0 spiro atoms. The van der Waals surface area contributed by atoms with E-state index in [2.05, 4.69) is 43.0 Å². The van der Waals surface area contributed by atoms with Gasteiger partial charge in [-0.2, -0.15) is 0 Å². The Bertz CT molecular complexity index is 1080. The number of aliphatic imine (C=N–C) groups is 1. The largest absolute Gasteiger partial charge is 0.367 e. The molecule has 0 bridgehead atoms. The van der Waals surface area contributed by atoms with Gasteiger partial charge in [-0.1, -0.05) is 22.8 Å². The van der Waals surface area contributed by atoms with Crippen LogP contribution >= 0.6 is 0 Å². The van der Waals surface area contributed by atoms with Crippen LogP contribution in [0.1, 0.15) is 40.2 Å². The van der Waals surface area contributed by atoms with Crippen molar-refractivity contribution in [3.63, 3.8) is 0 Å². The van der Waals surface area contributed by atoms with E-state index >= 15 is 0 Å². The third kappa shape index (κ3) is 4.62. The Hall–Kier alpha value is -3.32. The molecule has 2 aromatic carbocycles. The highest BCUT2D eigenvalue weighted by Gasteiger charge is 2.40. The molecule has 0 saturated heterocycles. The predicted molar refractivity (Wildman–Crippen MR) is 136 cm³/mol. The lowest BCUT2D eigenvalue weighted by Crippen LogP contribution is -2.44. The molecule has 7 nitrogen and oxygen atoms in total. The van der Waals surface area contributed by atoms with Crippen molar-refractivity contribution >= 4 is 46.4 Å². The van der Waals surface area contributed by atoms with Crippen LogP contribution < -0.4 is 14.8 Å². The highest BCUT2D eigenvalue weighted by Crippen LogP contribution is 2.33. The fourth-order valence-electron chi connectivity index (χ4n) is 4.02. The Kier molecular flexibility index (Phi) is 6.60. The van der Waals surface area contributed by atoms with E-state index in [1.807, 2.05) is 56.4 Å². The zero-order valence-corrected chi connectivity index (χ0v) is 20.0. The minimum atomic E-state index is -0.167. The maximum absolute atomic E-state index is 11.9. The molecule has 32 heavy (non-hydrogen) atoms. The first-order valence-corrected chi connectivity index (χ1v) is 10.9. The van der Waals surface area contributed by atoms with Gasteiger partial charge < -0.3 is 10.2 Å². The summed E-state index contributed by atoms with van der Waals surface area (Å²) in [5.74, 6) is 0.109. The van der Waals surface area contributed by atoms with Crippen molar-refractivity contribution in [2.75, 3.05) is 17.3 Å². The fraction of sp³-hybridized carbons (Fsp3) is 0.360. The first-order valence-electron chi connectivity index (χ1n) is 10.9. The van der Waals surface area contributed by atoms with Crippen LogP contribution in [0.4, 0.5) is 22.7 Å². The summed E-state index contributed by atoms with van der Waals surface area (Å²) in [4.78, 5) is 18.9. The first-order chi connectivity index (χ1) is 15.0. The van der Waals surface area contributed by atoms with Gasteiger partial charge in [-0.3, -0.25) is 4.79 Å². The summed E-state index contributed by atoms with van der Waals surface area (Å²) in [6.07, 6.45) is 1.63. The maximum Gasteiger partial charge on any atom is 0.280 e. The monoisotopic (exact) mass is 433 g/mol. The van der Waals surface area contributed by atoms with Crippen molar-refractivity contribution < 1.29 is 4.79 Å². The van der Waals surface area contributed by atoms with Crippen molar-refractivity contribution in [3.05, 3.63) is 48.0 Å². The minimum Gasteiger partial charge on any atom is -0.367 e. The standard InChI is InChI=1S/C25H32N6O/c1-16(2)30(17(3)4)20-10-13-22(23(14-20)28-19(6)32)29-24-15-27-31(7,25(24)26)21-11-8-18(5)9-12-21/h8-17H,1-7H3,(H-,26,27,28,32)/p+1. The van der Waals surface area contributed by atoms with Gasteiger partial charge in [0.25, 0.3) is 5.84 Å². The number of amides is 1. The number of benzene rings is 2. The number of anilines is 2. The van der Waals surface area contributed by atoms with Crippen molar-refractivity contribution in [2.45, 2.75) is 53.6 Å². The van der Waals surface area contributed by atoms with E-state index in [4.69, 9.17) is 10.4 Å². The lowest BCUT2D eigenvalue weighted by molar-refractivity contribution is -0.114. The fourth-order valence-corrected chi connectivity index (χ4v) is 4.02. The summed E-state index contributed by atoms with van der Waals surface area (Å²) < 4.78 is 0.00113. The molecule has 1 amide bonds. The Morgan fingerprint density at radius 2 is 1.72 bits per heavy atom. The van der Waals surface area contributed by atoms with Gasteiger partial charge >= 0.3 is 0 Å². The SMILES string of the molecule is CC(=O)Nc1cc(N(C(C)C)C(C)C)ccc1N=C1C=N[N+](C)(c2ccc(C)cc2)C1=N. The lowest BCUT2D eigenvalue weighted by Gasteiger charge is -2.33. The number of carbonyl (C=O) groups is 1. The third-order valence-electron chi connectivity index (χ3n) is 5.57. The highest BCUT2D eigenvalue weighted by molar-refractivity contribution is 6.65. The quantitative estimate of drug-likeness (QED) is 0.609. The van der Waals surface area contributed by atoms with E-state index < -0.39 is 0 Å². The van der Waals surface area contributed by atoms with Gasteiger partial charge in [0.05, 0.1) is 11.4 Å². The summed E-state index contributed by atoms with van der Waals surface area (Å²) in [6, 6.07) is 14.4. The summed E-state index contributed by atoms with van der Waals surface area (Å²) in [6.45, 7) is 12.1. The molecule has 1 heterocycles. The molecule has 0 aromatic heterocycles. The Labute approximate surface area is 190 Å². The minimum absolute atomic E-state index is 0.00113. The van der Waals surface area contributed by atoms with E-state index in [0.29, 0.717) is 29.2 Å².